The monoisotopic (exact) mass is 459 g/mol. The molecule has 1 aromatic heterocycles. The number of imide groups is 1. The van der Waals surface area contributed by atoms with Gasteiger partial charge in [0, 0.05) is 36.0 Å². The maximum Gasteiger partial charge on any atom is 0.240 e. The summed E-state index contributed by atoms with van der Waals surface area (Å²) in [5, 5.41) is 4.07. The Morgan fingerprint density at radius 2 is 1.85 bits per heavy atom. The quantitative estimate of drug-likeness (QED) is 0.527. The zero-order valence-corrected chi connectivity index (χ0v) is 19.3. The van der Waals surface area contributed by atoms with Gasteiger partial charge >= 0.3 is 0 Å². The third-order valence-electron chi connectivity index (χ3n) is 7.37. The summed E-state index contributed by atoms with van der Waals surface area (Å²) in [6, 6.07) is 15.8. The molecular weight excluding hydrogens is 430 g/mol. The first kappa shape index (κ1) is 22.2. The Bertz CT molecular complexity index is 1220. The molecule has 176 valence electrons. The van der Waals surface area contributed by atoms with E-state index in [2.05, 4.69) is 16.4 Å². The SMILES string of the molecule is COc1ccc([C@@H](CNC(=O)CN2C(=O)CC3(CCCC3)C2=O)c2c[nH]c3ccccc23)cc1. The number of amides is 3. The number of nitrogens with zero attached hydrogens (tertiary/aromatic N) is 1. The maximum atomic E-state index is 12.9. The number of likely N-dealkylation sites (tertiary alicyclic amines) is 1. The second-order valence-corrected chi connectivity index (χ2v) is 9.37. The van der Waals surface area contributed by atoms with Crippen molar-refractivity contribution in [1.29, 1.82) is 0 Å². The average molecular weight is 460 g/mol. The lowest BCUT2D eigenvalue weighted by Gasteiger charge is -2.22. The predicted molar refractivity (Wildman–Crippen MR) is 128 cm³/mol. The summed E-state index contributed by atoms with van der Waals surface area (Å²) in [6.07, 6.45) is 5.64. The molecule has 0 radical (unpaired) electrons. The van der Waals surface area contributed by atoms with E-state index in [9.17, 15) is 14.4 Å². The van der Waals surface area contributed by atoms with E-state index in [0.29, 0.717) is 6.54 Å². The van der Waals surface area contributed by atoms with Crippen molar-refractivity contribution in [3.63, 3.8) is 0 Å². The maximum absolute atomic E-state index is 12.9. The van der Waals surface area contributed by atoms with Crippen LogP contribution in [0.5, 0.6) is 5.75 Å². The fraction of sp³-hybridized carbons (Fsp3) is 0.370. The highest BCUT2D eigenvalue weighted by molar-refractivity contribution is 6.08. The summed E-state index contributed by atoms with van der Waals surface area (Å²) < 4.78 is 5.30. The minimum Gasteiger partial charge on any atom is -0.497 e. The number of rotatable bonds is 7. The van der Waals surface area contributed by atoms with E-state index in [4.69, 9.17) is 4.74 Å². The van der Waals surface area contributed by atoms with Gasteiger partial charge in [0.25, 0.3) is 0 Å². The van der Waals surface area contributed by atoms with Crippen molar-refractivity contribution in [1.82, 2.24) is 15.2 Å². The molecule has 3 amide bonds. The lowest BCUT2D eigenvalue weighted by Crippen LogP contribution is -2.43. The molecular formula is C27H29N3O4. The zero-order valence-electron chi connectivity index (χ0n) is 19.3. The highest BCUT2D eigenvalue weighted by Gasteiger charge is 2.52. The predicted octanol–water partition coefficient (Wildman–Crippen LogP) is 3.74. The number of para-hydroxylation sites is 1. The van der Waals surface area contributed by atoms with Crippen LogP contribution in [-0.4, -0.2) is 47.8 Å². The van der Waals surface area contributed by atoms with Crippen LogP contribution in [0, 0.1) is 5.41 Å². The Hall–Kier alpha value is -3.61. The van der Waals surface area contributed by atoms with Crippen molar-refractivity contribution in [2.75, 3.05) is 20.2 Å². The van der Waals surface area contributed by atoms with E-state index in [1.165, 1.54) is 0 Å². The number of nitrogens with one attached hydrogen (secondary N) is 2. The van der Waals surface area contributed by atoms with Crippen LogP contribution < -0.4 is 10.1 Å². The summed E-state index contributed by atoms with van der Waals surface area (Å²) in [7, 11) is 1.63. The van der Waals surface area contributed by atoms with Gasteiger partial charge in [-0.15, -0.1) is 0 Å². The number of carbonyl (C=O) groups is 3. The van der Waals surface area contributed by atoms with E-state index < -0.39 is 5.41 Å². The van der Waals surface area contributed by atoms with Gasteiger partial charge in [-0.05, 0) is 42.2 Å². The highest BCUT2D eigenvalue weighted by Crippen LogP contribution is 2.46. The molecule has 1 spiro atoms. The highest BCUT2D eigenvalue weighted by atomic mass is 16.5. The first-order valence-corrected chi connectivity index (χ1v) is 11.8. The van der Waals surface area contributed by atoms with Gasteiger partial charge in [-0.1, -0.05) is 43.2 Å². The van der Waals surface area contributed by atoms with Gasteiger partial charge in [0.2, 0.25) is 17.7 Å². The van der Waals surface area contributed by atoms with Gasteiger partial charge in [0.15, 0.2) is 0 Å². The topological polar surface area (TPSA) is 91.5 Å². The first-order valence-electron chi connectivity index (χ1n) is 11.8. The Labute approximate surface area is 198 Å². The summed E-state index contributed by atoms with van der Waals surface area (Å²) in [5.41, 5.74) is 2.56. The van der Waals surface area contributed by atoms with E-state index in [1.807, 2.05) is 48.7 Å². The van der Waals surface area contributed by atoms with Crippen molar-refractivity contribution in [3.05, 3.63) is 65.9 Å². The van der Waals surface area contributed by atoms with Crippen LogP contribution in [0.1, 0.15) is 49.1 Å². The standard InChI is InChI=1S/C27H29N3O4/c1-34-19-10-8-18(9-11-19)21(22-16-28-23-7-3-2-6-20(22)23)15-29-24(31)17-30-25(32)14-27(26(30)33)12-4-5-13-27/h2-3,6-11,16,21,28H,4-5,12-15,17H2,1H3,(H,29,31)/t21-/m1/s1. The van der Waals surface area contributed by atoms with Gasteiger partial charge in [0.1, 0.15) is 12.3 Å². The molecule has 1 aliphatic carbocycles. The number of aromatic nitrogens is 1. The third-order valence-corrected chi connectivity index (χ3v) is 7.37. The molecule has 1 saturated carbocycles. The van der Waals surface area contributed by atoms with Crippen LogP contribution in [0.25, 0.3) is 10.9 Å². The van der Waals surface area contributed by atoms with Crippen molar-refractivity contribution in [2.24, 2.45) is 5.41 Å². The minimum atomic E-state index is -0.562. The van der Waals surface area contributed by atoms with Gasteiger partial charge in [-0.3, -0.25) is 19.3 Å². The number of aromatic amines is 1. The average Bonchev–Trinajstić information content (AvgIpc) is 3.55. The summed E-state index contributed by atoms with van der Waals surface area (Å²) in [4.78, 5) is 42.8. The number of H-pyrrole nitrogens is 1. The molecule has 5 rings (SSSR count). The Kier molecular flexibility index (Phi) is 5.86. The fourth-order valence-electron chi connectivity index (χ4n) is 5.50. The molecule has 1 aliphatic heterocycles. The van der Waals surface area contributed by atoms with Gasteiger partial charge in [-0.25, -0.2) is 0 Å². The van der Waals surface area contributed by atoms with Crippen molar-refractivity contribution in [2.45, 2.75) is 38.0 Å². The molecule has 2 aromatic carbocycles. The first-order chi connectivity index (χ1) is 16.5. The second-order valence-electron chi connectivity index (χ2n) is 9.37. The summed E-state index contributed by atoms with van der Waals surface area (Å²) in [5.74, 6) is -0.0801. The van der Waals surface area contributed by atoms with Crippen molar-refractivity contribution >= 4 is 28.6 Å². The molecule has 3 aromatic rings. The van der Waals surface area contributed by atoms with Gasteiger partial charge in [0.05, 0.1) is 12.5 Å². The molecule has 2 aliphatic rings. The zero-order chi connectivity index (χ0) is 23.7. The molecule has 0 unspecified atom stereocenters. The van der Waals surface area contributed by atoms with Gasteiger partial charge in [-0.2, -0.15) is 0 Å². The number of hydrogen-bond donors (Lipinski definition) is 2. The van der Waals surface area contributed by atoms with Crippen molar-refractivity contribution in [3.8, 4) is 5.75 Å². The molecule has 2 heterocycles. The molecule has 2 N–H and O–H groups in total. The number of hydrogen-bond acceptors (Lipinski definition) is 4. The minimum absolute atomic E-state index is 0.114. The number of fused-ring (bicyclic) bond motifs is 1. The summed E-state index contributed by atoms with van der Waals surface area (Å²) in [6.45, 7) is 0.122. The molecule has 7 nitrogen and oxygen atoms in total. The third kappa shape index (κ3) is 3.95. The normalized spacial score (nSPS) is 18.1. The van der Waals surface area contributed by atoms with Crippen LogP contribution in [-0.2, 0) is 14.4 Å². The Morgan fingerprint density at radius 3 is 2.59 bits per heavy atom. The van der Waals surface area contributed by atoms with E-state index in [0.717, 1.165) is 58.4 Å². The molecule has 7 heteroatoms. The van der Waals surface area contributed by atoms with Gasteiger partial charge < -0.3 is 15.0 Å². The van der Waals surface area contributed by atoms with E-state index in [-0.39, 0.29) is 36.6 Å². The van der Waals surface area contributed by atoms with Crippen LogP contribution in [0.3, 0.4) is 0 Å². The molecule has 34 heavy (non-hydrogen) atoms. The lowest BCUT2D eigenvalue weighted by molar-refractivity contribution is -0.144. The second kappa shape index (κ2) is 8.97. The Morgan fingerprint density at radius 1 is 1.12 bits per heavy atom. The number of methoxy groups -OCH3 is 1. The van der Waals surface area contributed by atoms with Crippen LogP contribution >= 0.6 is 0 Å². The number of benzene rings is 2. The van der Waals surface area contributed by atoms with E-state index in [1.54, 1.807) is 7.11 Å². The molecule has 1 saturated heterocycles. The lowest BCUT2D eigenvalue weighted by atomic mass is 9.84. The van der Waals surface area contributed by atoms with Crippen LogP contribution in [0.4, 0.5) is 0 Å². The molecule has 2 fully saturated rings. The fourth-order valence-corrected chi connectivity index (χ4v) is 5.50. The van der Waals surface area contributed by atoms with Crippen LogP contribution in [0.2, 0.25) is 0 Å². The number of ether oxygens (including phenoxy) is 1. The molecule has 0 bridgehead atoms. The smallest absolute Gasteiger partial charge is 0.240 e. The largest absolute Gasteiger partial charge is 0.497 e. The molecule has 1 atom stereocenters. The Balaban J connectivity index is 1.34. The summed E-state index contributed by atoms with van der Waals surface area (Å²) >= 11 is 0. The number of carbonyl (C=O) groups excluding carboxylic acids is 3. The van der Waals surface area contributed by atoms with E-state index >= 15 is 0 Å². The van der Waals surface area contributed by atoms with Crippen LogP contribution in [0.15, 0.2) is 54.7 Å². The van der Waals surface area contributed by atoms with Crippen molar-refractivity contribution < 1.29 is 19.1 Å².